The molecule has 4 nitrogen and oxygen atoms in total. The van der Waals surface area contributed by atoms with Crippen LogP contribution in [0, 0.1) is 11.7 Å². The molecule has 0 aromatic heterocycles. The van der Waals surface area contributed by atoms with E-state index in [2.05, 4.69) is 10.6 Å². The van der Waals surface area contributed by atoms with Gasteiger partial charge < -0.3 is 10.6 Å². The van der Waals surface area contributed by atoms with E-state index in [4.69, 9.17) is 0 Å². The maximum Gasteiger partial charge on any atom is 0.242 e. The molecule has 1 fully saturated rings. The monoisotopic (exact) mass is 420 g/mol. The molecule has 1 atom stereocenters. The highest BCUT2D eigenvalue weighted by Crippen LogP contribution is 2.37. The zero-order valence-electron chi connectivity index (χ0n) is 16.2. The van der Waals surface area contributed by atoms with Gasteiger partial charge in [-0.3, -0.25) is 9.59 Å². The summed E-state index contributed by atoms with van der Waals surface area (Å²) in [5, 5.41) is 5.30. The van der Waals surface area contributed by atoms with E-state index in [9.17, 15) is 14.0 Å². The second-order valence-electron chi connectivity index (χ2n) is 7.19. The quantitative estimate of drug-likeness (QED) is 0.486. The van der Waals surface area contributed by atoms with Gasteiger partial charge in [-0.05, 0) is 66.9 Å². The molecule has 2 N–H and O–H groups in total. The number of hydrogen-bond acceptors (Lipinski definition) is 3. The Morgan fingerprint density at radius 1 is 0.833 bits per heavy atom. The average Bonchev–Trinajstić information content (AvgIpc) is 3.61. The highest BCUT2D eigenvalue weighted by atomic mass is 32.2. The van der Waals surface area contributed by atoms with Crippen molar-refractivity contribution in [1.29, 1.82) is 0 Å². The minimum Gasteiger partial charge on any atom is -0.326 e. The maximum absolute atomic E-state index is 13.2. The van der Waals surface area contributed by atoms with Gasteiger partial charge in [0.25, 0.3) is 0 Å². The first-order valence-electron chi connectivity index (χ1n) is 9.77. The van der Waals surface area contributed by atoms with Crippen molar-refractivity contribution in [2.75, 3.05) is 10.6 Å². The normalized spacial score (nSPS) is 14.0. The van der Waals surface area contributed by atoms with Crippen LogP contribution in [0.1, 0.15) is 23.7 Å². The van der Waals surface area contributed by atoms with Crippen molar-refractivity contribution in [2.45, 2.75) is 23.0 Å². The molecule has 2 amide bonds. The van der Waals surface area contributed by atoms with E-state index in [0.29, 0.717) is 5.69 Å². The fraction of sp³-hybridized carbons (Fsp3) is 0.167. The Hall–Kier alpha value is -3.12. The number of amides is 2. The summed E-state index contributed by atoms with van der Waals surface area (Å²) >= 11 is 1.42. The molecular weight excluding hydrogens is 399 g/mol. The largest absolute Gasteiger partial charge is 0.326 e. The number of anilines is 2. The van der Waals surface area contributed by atoms with Gasteiger partial charge in [0, 0.05) is 22.2 Å². The summed E-state index contributed by atoms with van der Waals surface area (Å²) in [4.78, 5) is 25.8. The van der Waals surface area contributed by atoms with Crippen LogP contribution in [0.4, 0.5) is 15.8 Å². The van der Waals surface area contributed by atoms with Crippen LogP contribution in [0.3, 0.4) is 0 Å². The molecule has 1 aliphatic rings. The molecular formula is C24H21FN2O2S. The number of nitrogens with one attached hydrogen (secondary N) is 2. The second kappa shape index (κ2) is 9.13. The van der Waals surface area contributed by atoms with Gasteiger partial charge in [0.1, 0.15) is 11.1 Å². The van der Waals surface area contributed by atoms with Gasteiger partial charge in [-0.2, -0.15) is 0 Å². The first-order chi connectivity index (χ1) is 14.6. The molecule has 0 saturated heterocycles. The molecule has 30 heavy (non-hydrogen) atoms. The van der Waals surface area contributed by atoms with Crippen LogP contribution >= 0.6 is 11.8 Å². The van der Waals surface area contributed by atoms with E-state index in [1.165, 1.54) is 36.0 Å². The lowest BCUT2D eigenvalue weighted by molar-refractivity contribution is -0.117. The average molecular weight is 421 g/mol. The minimum absolute atomic E-state index is 0.0660. The summed E-state index contributed by atoms with van der Waals surface area (Å²) in [5.74, 6) is -0.326. The summed E-state index contributed by atoms with van der Waals surface area (Å²) in [6.07, 6.45) is 1.92. The predicted molar refractivity (Wildman–Crippen MR) is 118 cm³/mol. The number of halogens is 1. The fourth-order valence-electron chi connectivity index (χ4n) is 2.98. The molecule has 1 aliphatic carbocycles. The van der Waals surface area contributed by atoms with Gasteiger partial charge in [-0.1, -0.05) is 30.3 Å². The number of hydrogen-bond donors (Lipinski definition) is 2. The van der Waals surface area contributed by atoms with Crippen LogP contribution in [0.25, 0.3) is 0 Å². The number of rotatable bonds is 7. The molecule has 3 aromatic carbocycles. The molecule has 152 valence electrons. The smallest absolute Gasteiger partial charge is 0.242 e. The predicted octanol–water partition coefficient (Wildman–Crippen LogP) is 5.65. The third-order valence-electron chi connectivity index (χ3n) is 4.78. The number of carbonyl (C=O) groups is 2. The van der Waals surface area contributed by atoms with Gasteiger partial charge in [0.15, 0.2) is 0 Å². The first-order valence-corrected chi connectivity index (χ1v) is 10.7. The van der Waals surface area contributed by atoms with Gasteiger partial charge in [-0.25, -0.2) is 4.39 Å². The lowest BCUT2D eigenvalue weighted by Gasteiger charge is -2.17. The van der Waals surface area contributed by atoms with Crippen LogP contribution in [0.5, 0.6) is 0 Å². The van der Waals surface area contributed by atoms with Gasteiger partial charge in [0.2, 0.25) is 11.8 Å². The molecule has 4 rings (SSSR count). The van der Waals surface area contributed by atoms with Gasteiger partial charge in [-0.15, -0.1) is 11.8 Å². The van der Waals surface area contributed by atoms with Crippen LogP contribution in [-0.2, 0) is 9.59 Å². The number of thioether (sulfide) groups is 1. The summed E-state index contributed by atoms with van der Waals surface area (Å²) in [5.41, 5.74) is 2.16. The van der Waals surface area contributed by atoms with Crippen LogP contribution in [0.2, 0.25) is 0 Å². The van der Waals surface area contributed by atoms with Gasteiger partial charge >= 0.3 is 0 Å². The van der Waals surface area contributed by atoms with Crippen molar-refractivity contribution < 1.29 is 14.0 Å². The summed E-state index contributed by atoms with van der Waals surface area (Å²) < 4.78 is 13.2. The molecule has 6 heteroatoms. The summed E-state index contributed by atoms with van der Waals surface area (Å²) in [7, 11) is 0. The van der Waals surface area contributed by atoms with Crippen LogP contribution < -0.4 is 10.6 Å². The minimum atomic E-state index is -0.483. The Morgan fingerprint density at radius 2 is 1.43 bits per heavy atom. The Balaban J connectivity index is 1.49. The van der Waals surface area contributed by atoms with E-state index in [0.717, 1.165) is 29.0 Å². The van der Waals surface area contributed by atoms with E-state index in [1.807, 2.05) is 54.6 Å². The standard InChI is InChI=1S/C24H21FN2O2S/c25-18-8-10-19(11-9-18)27-24(29)22(16-4-2-1-3-5-16)30-21-14-12-20(13-15-21)26-23(28)17-6-7-17/h1-5,8-15,17,22H,6-7H2,(H,26,28)(H,27,29). The molecule has 0 spiro atoms. The second-order valence-corrected chi connectivity index (χ2v) is 8.37. The number of carbonyl (C=O) groups excluding carboxylic acids is 2. The third-order valence-corrected chi connectivity index (χ3v) is 6.04. The third kappa shape index (κ3) is 5.27. The summed E-state index contributed by atoms with van der Waals surface area (Å²) in [6.45, 7) is 0. The lowest BCUT2D eigenvalue weighted by Crippen LogP contribution is -2.19. The van der Waals surface area contributed by atoms with Crippen molar-refractivity contribution in [1.82, 2.24) is 0 Å². The van der Waals surface area contributed by atoms with Gasteiger partial charge in [0.05, 0.1) is 0 Å². The molecule has 0 heterocycles. The Morgan fingerprint density at radius 3 is 2.07 bits per heavy atom. The summed E-state index contributed by atoms with van der Waals surface area (Å²) in [6, 6.07) is 22.7. The maximum atomic E-state index is 13.2. The van der Waals surface area contributed by atoms with Crippen molar-refractivity contribution in [3.05, 3.63) is 90.2 Å². The van der Waals surface area contributed by atoms with Crippen molar-refractivity contribution >= 4 is 35.0 Å². The fourth-order valence-corrected chi connectivity index (χ4v) is 4.01. The molecule has 0 bridgehead atoms. The molecule has 1 saturated carbocycles. The van der Waals surface area contributed by atoms with E-state index in [-0.39, 0.29) is 23.5 Å². The Kier molecular flexibility index (Phi) is 6.14. The highest BCUT2D eigenvalue weighted by molar-refractivity contribution is 8.00. The first kappa shape index (κ1) is 20.2. The SMILES string of the molecule is O=C(Nc1ccc(SC(C(=O)Nc2ccc(F)cc2)c2ccccc2)cc1)C1CC1. The Bertz CT molecular complexity index is 1020. The molecule has 0 aliphatic heterocycles. The zero-order chi connectivity index (χ0) is 20.9. The van der Waals surface area contributed by atoms with Crippen molar-refractivity contribution in [3.8, 4) is 0 Å². The highest BCUT2D eigenvalue weighted by Gasteiger charge is 2.29. The van der Waals surface area contributed by atoms with E-state index >= 15 is 0 Å². The van der Waals surface area contributed by atoms with Crippen molar-refractivity contribution in [3.63, 3.8) is 0 Å². The van der Waals surface area contributed by atoms with E-state index < -0.39 is 5.25 Å². The number of benzene rings is 3. The van der Waals surface area contributed by atoms with Crippen LogP contribution in [0.15, 0.2) is 83.8 Å². The van der Waals surface area contributed by atoms with E-state index in [1.54, 1.807) is 0 Å². The zero-order valence-corrected chi connectivity index (χ0v) is 17.0. The molecule has 0 radical (unpaired) electrons. The van der Waals surface area contributed by atoms with Crippen molar-refractivity contribution in [2.24, 2.45) is 5.92 Å². The molecule has 1 unspecified atom stereocenters. The lowest BCUT2D eigenvalue weighted by atomic mass is 10.1. The topological polar surface area (TPSA) is 58.2 Å². The Labute approximate surface area is 178 Å². The molecule has 3 aromatic rings. The van der Waals surface area contributed by atoms with Crippen LogP contribution in [-0.4, -0.2) is 11.8 Å².